The predicted octanol–water partition coefficient (Wildman–Crippen LogP) is 2.16. The number of aromatic nitrogens is 1. The number of nitrogens with one attached hydrogen (secondary N) is 2. The molecule has 1 aliphatic rings. The molecule has 2 N–H and O–H groups in total. The Morgan fingerprint density at radius 1 is 1.38 bits per heavy atom. The minimum atomic E-state index is 0. The van der Waals surface area contributed by atoms with Crippen LogP contribution in [0.1, 0.15) is 37.1 Å². The highest BCUT2D eigenvalue weighted by molar-refractivity contribution is 14.0. The van der Waals surface area contributed by atoms with Crippen molar-refractivity contribution in [2.24, 2.45) is 4.99 Å². The van der Waals surface area contributed by atoms with E-state index in [0.29, 0.717) is 12.4 Å². The van der Waals surface area contributed by atoms with Crippen molar-refractivity contribution in [1.82, 2.24) is 15.6 Å². The molecule has 0 saturated carbocycles. The molecule has 1 aromatic heterocycles. The van der Waals surface area contributed by atoms with E-state index in [1.807, 2.05) is 20.8 Å². The van der Waals surface area contributed by atoms with Gasteiger partial charge in [-0.1, -0.05) is 0 Å². The largest absolute Gasteiger partial charge is 0.444 e. The van der Waals surface area contributed by atoms with Gasteiger partial charge in [0.05, 0.1) is 18.4 Å². The SMILES string of the molecule is CCNC(=NCc1nc(C)c(C)o1)NCCCOC1CCOC1.I. The number of aliphatic imine (C=N–C) groups is 1. The molecule has 1 aliphatic heterocycles. The van der Waals surface area contributed by atoms with Gasteiger partial charge in [-0.05, 0) is 33.6 Å². The lowest BCUT2D eigenvalue weighted by molar-refractivity contribution is 0.0420. The monoisotopic (exact) mass is 452 g/mol. The maximum Gasteiger partial charge on any atom is 0.216 e. The number of halogens is 1. The average molecular weight is 452 g/mol. The van der Waals surface area contributed by atoms with Gasteiger partial charge in [0.2, 0.25) is 5.89 Å². The van der Waals surface area contributed by atoms with Gasteiger partial charge in [0.25, 0.3) is 0 Å². The fourth-order valence-electron chi connectivity index (χ4n) is 2.27. The molecule has 1 fully saturated rings. The number of hydrogen-bond acceptors (Lipinski definition) is 5. The molecule has 1 unspecified atom stereocenters. The minimum absolute atomic E-state index is 0. The highest BCUT2D eigenvalue weighted by Crippen LogP contribution is 2.09. The van der Waals surface area contributed by atoms with E-state index in [0.717, 1.165) is 63.2 Å². The van der Waals surface area contributed by atoms with Crippen molar-refractivity contribution in [3.63, 3.8) is 0 Å². The van der Waals surface area contributed by atoms with Gasteiger partial charge in [-0.25, -0.2) is 9.98 Å². The Morgan fingerprint density at radius 3 is 2.83 bits per heavy atom. The molecule has 2 rings (SSSR count). The summed E-state index contributed by atoms with van der Waals surface area (Å²) in [6, 6.07) is 0. The molecule has 8 heteroatoms. The van der Waals surface area contributed by atoms with Crippen LogP contribution in [0.3, 0.4) is 0 Å². The summed E-state index contributed by atoms with van der Waals surface area (Å²) in [5.74, 6) is 2.26. The molecular weight excluding hydrogens is 423 g/mol. The van der Waals surface area contributed by atoms with Gasteiger partial charge in [0.15, 0.2) is 5.96 Å². The molecule has 2 heterocycles. The van der Waals surface area contributed by atoms with Crippen molar-refractivity contribution < 1.29 is 13.9 Å². The Balaban J connectivity index is 0.00000288. The van der Waals surface area contributed by atoms with Crippen molar-refractivity contribution in [2.75, 3.05) is 32.9 Å². The Hall–Kier alpha value is -0.870. The van der Waals surface area contributed by atoms with Crippen LogP contribution in [0.2, 0.25) is 0 Å². The van der Waals surface area contributed by atoms with E-state index in [-0.39, 0.29) is 30.1 Å². The Morgan fingerprint density at radius 2 is 2.21 bits per heavy atom. The zero-order valence-corrected chi connectivity index (χ0v) is 17.1. The number of guanidine groups is 1. The summed E-state index contributed by atoms with van der Waals surface area (Å²) in [5, 5.41) is 6.51. The summed E-state index contributed by atoms with van der Waals surface area (Å²) in [4.78, 5) is 8.83. The van der Waals surface area contributed by atoms with Gasteiger partial charge in [0, 0.05) is 26.3 Å². The number of aryl methyl sites for hydroxylation is 2. The lowest BCUT2D eigenvalue weighted by Crippen LogP contribution is -2.38. The van der Waals surface area contributed by atoms with Crippen molar-refractivity contribution in [2.45, 2.75) is 46.3 Å². The molecule has 0 bridgehead atoms. The second kappa shape index (κ2) is 11.6. The molecule has 1 atom stereocenters. The van der Waals surface area contributed by atoms with Crippen molar-refractivity contribution in [1.29, 1.82) is 0 Å². The van der Waals surface area contributed by atoms with Crippen molar-refractivity contribution in [3.05, 3.63) is 17.3 Å². The zero-order valence-electron chi connectivity index (χ0n) is 14.8. The molecule has 1 aromatic rings. The number of oxazole rings is 1. The van der Waals surface area contributed by atoms with E-state index in [1.165, 1.54) is 0 Å². The van der Waals surface area contributed by atoms with Gasteiger partial charge in [0.1, 0.15) is 12.3 Å². The van der Waals surface area contributed by atoms with Crippen LogP contribution in [0, 0.1) is 13.8 Å². The average Bonchev–Trinajstić information content (AvgIpc) is 3.15. The summed E-state index contributed by atoms with van der Waals surface area (Å²) in [5.41, 5.74) is 0.918. The first-order chi connectivity index (χ1) is 11.2. The van der Waals surface area contributed by atoms with Gasteiger partial charge in [-0.2, -0.15) is 0 Å². The van der Waals surface area contributed by atoms with E-state index in [4.69, 9.17) is 13.9 Å². The van der Waals surface area contributed by atoms with Crippen LogP contribution in [0.15, 0.2) is 9.41 Å². The summed E-state index contributed by atoms with van der Waals surface area (Å²) in [7, 11) is 0. The van der Waals surface area contributed by atoms with E-state index in [9.17, 15) is 0 Å². The summed E-state index contributed by atoms with van der Waals surface area (Å²) in [6.07, 6.45) is 2.21. The molecule has 0 radical (unpaired) electrons. The first-order valence-corrected chi connectivity index (χ1v) is 8.33. The van der Waals surface area contributed by atoms with Crippen LogP contribution in [0.25, 0.3) is 0 Å². The van der Waals surface area contributed by atoms with E-state index in [2.05, 4.69) is 20.6 Å². The highest BCUT2D eigenvalue weighted by Gasteiger charge is 2.15. The molecule has 138 valence electrons. The molecule has 7 nitrogen and oxygen atoms in total. The topological polar surface area (TPSA) is 80.9 Å². The zero-order chi connectivity index (χ0) is 16.5. The Kier molecular flexibility index (Phi) is 10.3. The van der Waals surface area contributed by atoms with Crippen molar-refractivity contribution >= 4 is 29.9 Å². The lowest BCUT2D eigenvalue weighted by Gasteiger charge is -2.12. The Labute approximate surface area is 161 Å². The quantitative estimate of drug-likeness (QED) is 0.272. The normalized spacial score (nSPS) is 17.6. The van der Waals surface area contributed by atoms with E-state index in [1.54, 1.807) is 0 Å². The van der Waals surface area contributed by atoms with Crippen LogP contribution >= 0.6 is 24.0 Å². The second-order valence-corrected chi connectivity index (χ2v) is 5.58. The third-order valence-corrected chi connectivity index (χ3v) is 3.64. The lowest BCUT2D eigenvalue weighted by atomic mass is 10.3. The van der Waals surface area contributed by atoms with Crippen LogP contribution in [-0.2, 0) is 16.0 Å². The third-order valence-electron chi connectivity index (χ3n) is 3.64. The van der Waals surface area contributed by atoms with Gasteiger partial charge in [-0.3, -0.25) is 0 Å². The fraction of sp³-hybridized carbons (Fsp3) is 0.750. The summed E-state index contributed by atoms with van der Waals surface area (Å²) in [6.45, 7) is 10.2. The minimum Gasteiger partial charge on any atom is -0.444 e. The molecular formula is C16H29IN4O3. The summed E-state index contributed by atoms with van der Waals surface area (Å²) < 4.78 is 16.6. The molecule has 0 spiro atoms. The molecule has 0 aromatic carbocycles. The third kappa shape index (κ3) is 7.35. The standard InChI is InChI=1S/C16H28N4O3.HI/c1-4-17-16(19-10-15-20-12(2)13(3)23-15)18-7-5-8-22-14-6-9-21-11-14;/h14H,4-11H2,1-3H3,(H2,17,18,19);1H. The first kappa shape index (κ1) is 21.2. The highest BCUT2D eigenvalue weighted by atomic mass is 127. The molecule has 1 saturated heterocycles. The van der Waals surface area contributed by atoms with Crippen molar-refractivity contribution in [3.8, 4) is 0 Å². The fourth-order valence-corrected chi connectivity index (χ4v) is 2.27. The maximum absolute atomic E-state index is 5.74. The number of rotatable bonds is 8. The smallest absolute Gasteiger partial charge is 0.216 e. The number of nitrogens with zero attached hydrogens (tertiary/aromatic N) is 2. The van der Waals surface area contributed by atoms with Gasteiger partial charge >= 0.3 is 0 Å². The summed E-state index contributed by atoms with van der Waals surface area (Å²) >= 11 is 0. The number of hydrogen-bond donors (Lipinski definition) is 2. The molecule has 0 amide bonds. The number of ether oxygens (including phenoxy) is 2. The van der Waals surface area contributed by atoms with E-state index < -0.39 is 0 Å². The molecule has 24 heavy (non-hydrogen) atoms. The van der Waals surface area contributed by atoms with E-state index >= 15 is 0 Å². The predicted molar refractivity (Wildman–Crippen MR) is 104 cm³/mol. The van der Waals surface area contributed by atoms with Gasteiger partial charge in [-0.15, -0.1) is 24.0 Å². The van der Waals surface area contributed by atoms with Crippen LogP contribution in [0.5, 0.6) is 0 Å². The molecule has 0 aliphatic carbocycles. The van der Waals surface area contributed by atoms with Crippen LogP contribution in [0.4, 0.5) is 0 Å². The first-order valence-electron chi connectivity index (χ1n) is 8.33. The van der Waals surface area contributed by atoms with Crippen LogP contribution in [-0.4, -0.2) is 50.0 Å². The van der Waals surface area contributed by atoms with Crippen LogP contribution < -0.4 is 10.6 Å². The van der Waals surface area contributed by atoms with Gasteiger partial charge < -0.3 is 24.5 Å². The maximum atomic E-state index is 5.74. The Bertz CT molecular complexity index is 482. The second-order valence-electron chi connectivity index (χ2n) is 5.58.